The predicted molar refractivity (Wildman–Crippen MR) is 76.1 cm³/mol. The molecule has 27 heavy (non-hydrogen) atoms. The van der Waals surface area contributed by atoms with E-state index in [-0.39, 0.29) is 115 Å². The molecule has 0 aromatic carbocycles. The Morgan fingerprint density at radius 2 is 1.44 bits per heavy atom. The minimum absolute atomic E-state index is 0. The Hall–Kier alpha value is 2.38. The number of nitrogens with zero attached hydrogens (tertiary/aromatic N) is 1. The quantitative estimate of drug-likeness (QED) is 0.217. The summed E-state index contributed by atoms with van der Waals surface area (Å²) in [6, 6.07) is 0. The number of rotatable bonds is 7. The van der Waals surface area contributed by atoms with Crippen LogP contribution in [0.5, 0.6) is 0 Å². The fourth-order valence-electron chi connectivity index (χ4n) is 1.48. The molecule has 0 bridgehead atoms. The first kappa shape index (κ1) is 39.8. The Bertz CT molecular complexity index is 359. The molecule has 1 rings (SSSR count). The normalized spacial score (nSPS) is 14.8. The van der Waals surface area contributed by atoms with Crippen molar-refractivity contribution in [3.63, 3.8) is 0 Å². The van der Waals surface area contributed by atoms with Crippen molar-refractivity contribution in [2.45, 2.75) is 32.0 Å². The molecule has 2 unspecified atom stereocenters. The Morgan fingerprint density at radius 3 is 1.63 bits per heavy atom. The SMILES string of the molecule is CCN1CCCC1=O.O=P([O-])([O-])[O-].OCC(O)COCC(O)CO.[Na+].[Na+].[Na+]. The molecule has 0 aliphatic carbocycles. The van der Waals surface area contributed by atoms with Crippen molar-refractivity contribution in [2.75, 3.05) is 39.5 Å². The average Bonchev–Trinajstić information content (AvgIpc) is 2.91. The van der Waals surface area contributed by atoms with E-state index in [0.717, 1.165) is 25.9 Å². The van der Waals surface area contributed by atoms with E-state index in [0.29, 0.717) is 5.91 Å². The smallest absolute Gasteiger partial charge is 0.822 e. The summed E-state index contributed by atoms with van der Waals surface area (Å²) in [4.78, 5) is 38.3. The van der Waals surface area contributed by atoms with Crippen LogP contribution in [0.15, 0.2) is 0 Å². The number of phosphoric acid groups is 1. The van der Waals surface area contributed by atoms with Gasteiger partial charge in [-0.3, -0.25) is 4.79 Å². The maximum absolute atomic E-state index is 10.7. The Labute approximate surface area is 225 Å². The van der Waals surface area contributed by atoms with Crippen molar-refractivity contribution < 1.29 is 138 Å². The van der Waals surface area contributed by atoms with Crippen molar-refractivity contribution in [2.24, 2.45) is 0 Å². The Kier molecular flexibility index (Phi) is 36.3. The largest absolute Gasteiger partial charge is 1.00 e. The van der Waals surface area contributed by atoms with Crippen LogP contribution >= 0.6 is 7.82 Å². The molecule has 1 aliphatic heterocycles. The topological polar surface area (TPSA) is 197 Å². The molecule has 15 heteroatoms. The molecule has 0 aromatic heterocycles. The minimum atomic E-state index is -5.39. The first-order valence-corrected chi connectivity index (χ1v) is 8.67. The Morgan fingerprint density at radius 1 is 1.07 bits per heavy atom. The van der Waals surface area contributed by atoms with Gasteiger partial charge in [0.25, 0.3) is 0 Å². The van der Waals surface area contributed by atoms with E-state index in [1.165, 1.54) is 0 Å². The molecule has 0 saturated carbocycles. The molecule has 0 spiro atoms. The van der Waals surface area contributed by atoms with Crippen molar-refractivity contribution in [3.8, 4) is 0 Å². The molecule has 1 saturated heterocycles. The standard InChI is InChI=1S/C6H11NO.C6H14O5.3Na.H3O4P/c1-2-7-5-3-4-6(7)8;7-1-5(9)3-11-4-6(10)2-8;;;;1-5(2,3)4/h2-5H2,1H3;5-10H,1-4H2;;;;(H3,1,2,3,4)/q;;3*+1;/p-3. The molecule has 1 amide bonds. The zero-order valence-electron chi connectivity index (χ0n) is 16.4. The van der Waals surface area contributed by atoms with E-state index >= 15 is 0 Å². The molecule has 1 fully saturated rings. The van der Waals surface area contributed by atoms with Crippen LogP contribution in [-0.2, 0) is 14.1 Å². The van der Waals surface area contributed by atoms with Gasteiger partial charge in [-0.15, -0.1) is 0 Å². The second kappa shape index (κ2) is 24.6. The van der Waals surface area contributed by atoms with E-state index in [2.05, 4.69) is 0 Å². The van der Waals surface area contributed by atoms with Crippen molar-refractivity contribution in [1.82, 2.24) is 4.90 Å². The zero-order chi connectivity index (χ0) is 19.2. The molecule has 146 valence electrons. The summed E-state index contributed by atoms with van der Waals surface area (Å²) in [5.41, 5.74) is 0. The van der Waals surface area contributed by atoms with Crippen LogP contribution in [0.3, 0.4) is 0 Å². The molecule has 0 aromatic rings. The maximum atomic E-state index is 10.7. The van der Waals surface area contributed by atoms with Crippen LogP contribution in [0.25, 0.3) is 0 Å². The summed E-state index contributed by atoms with van der Waals surface area (Å²) >= 11 is 0. The third-order valence-electron chi connectivity index (χ3n) is 2.60. The van der Waals surface area contributed by atoms with E-state index in [1.54, 1.807) is 0 Å². The van der Waals surface area contributed by atoms with Gasteiger partial charge in [-0.1, -0.05) is 0 Å². The monoisotopic (exact) mass is 443 g/mol. The van der Waals surface area contributed by atoms with Crippen LogP contribution in [0.4, 0.5) is 0 Å². The van der Waals surface area contributed by atoms with Gasteiger partial charge in [-0.25, -0.2) is 0 Å². The predicted octanol–water partition coefficient (Wildman–Crippen LogP) is -13.5. The molecule has 1 heterocycles. The second-order valence-corrected chi connectivity index (χ2v) is 5.63. The van der Waals surface area contributed by atoms with Crippen LogP contribution in [0, 0.1) is 0 Å². The van der Waals surface area contributed by atoms with Gasteiger partial charge in [0.05, 0.1) is 26.4 Å². The molecule has 4 N–H and O–H groups in total. The minimum Gasteiger partial charge on any atom is -0.822 e. The number of carbonyl (C=O) groups is 1. The number of aliphatic hydroxyl groups is 4. The number of hydrogen-bond donors (Lipinski definition) is 4. The first-order valence-electron chi connectivity index (χ1n) is 7.21. The van der Waals surface area contributed by atoms with Gasteiger partial charge in [0, 0.05) is 19.5 Å². The summed E-state index contributed by atoms with van der Waals surface area (Å²) < 4.78 is 13.3. The molecule has 11 nitrogen and oxygen atoms in total. The third-order valence-corrected chi connectivity index (χ3v) is 2.60. The summed E-state index contributed by atoms with van der Waals surface area (Å²) in [6.07, 6.45) is 0.00216. The number of aliphatic hydroxyl groups excluding tert-OH is 4. The van der Waals surface area contributed by atoms with Gasteiger partial charge in [-0.2, -0.15) is 7.82 Å². The number of ether oxygens (including phenoxy) is 1. The first-order chi connectivity index (χ1) is 11.0. The van der Waals surface area contributed by atoms with Crippen molar-refractivity contribution >= 4 is 13.7 Å². The van der Waals surface area contributed by atoms with Crippen LogP contribution in [0.1, 0.15) is 19.8 Å². The van der Waals surface area contributed by atoms with Gasteiger partial charge >= 0.3 is 88.7 Å². The summed E-state index contributed by atoms with van der Waals surface area (Å²) in [5.74, 6) is 0.326. The summed E-state index contributed by atoms with van der Waals surface area (Å²) in [6.45, 7) is 3.09. The van der Waals surface area contributed by atoms with Crippen LogP contribution < -0.4 is 103 Å². The molecule has 0 radical (unpaired) electrons. The second-order valence-electron chi connectivity index (χ2n) is 4.73. The van der Waals surface area contributed by atoms with Crippen LogP contribution in [-0.4, -0.2) is 83.0 Å². The van der Waals surface area contributed by atoms with Crippen molar-refractivity contribution in [1.29, 1.82) is 0 Å². The molecular formula is C12H25NNa3O10P. The van der Waals surface area contributed by atoms with Gasteiger partial charge in [0.1, 0.15) is 12.2 Å². The van der Waals surface area contributed by atoms with Crippen LogP contribution in [0.2, 0.25) is 0 Å². The maximum Gasteiger partial charge on any atom is 1.00 e. The van der Waals surface area contributed by atoms with Crippen molar-refractivity contribution in [3.05, 3.63) is 0 Å². The molecular weight excluding hydrogens is 418 g/mol. The van der Waals surface area contributed by atoms with E-state index in [4.69, 9.17) is 44.4 Å². The fourth-order valence-corrected chi connectivity index (χ4v) is 1.48. The Balaban J connectivity index is -0.0000000900. The molecule has 2 atom stereocenters. The average molecular weight is 443 g/mol. The number of likely N-dealkylation sites (tertiary alicyclic amines) is 1. The third kappa shape index (κ3) is 33.2. The van der Waals surface area contributed by atoms with E-state index in [9.17, 15) is 4.79 Å². The summed E-state index contributed by atoms with van der Waals surface area (Å²) in [5, 5.41) is 34.1. The number of hydrogen-bond acceptors (Lipinski definition) is 10. The number of amides is 1. The van der Waals surface area contributed by atoms with E-state index < -0.39 is 20.0 Å². The van der Waals surface area contributed by atoms with Gasteiger partial charge in [0.15, 0.2) is 0 Å². The van der Waals surface area contributed by atoms with Gasteiger partial charge in [-0.05, 0) is 13.3 Å². The van der Waals surface area contributed by atoms with E-state index in [1.807, 2.05) is 11.8 Å². The molecule has 1 aliphatic rings. The van der Waals surface area contributed by atoms with Gasteiger partial charge in [0.2, 0.25) is 5.91 Å². The summed E-state index contributed by atoms with van der Waals surface area (Å²) in [7, 11) is -5.39. The fraction of sp³-hybridized carbons (Fsp3) is 0.917. The van der Waals surface area contributed by atoms with Gasteiger partial charge < -0.3 is 49.3 Å². The zero-order valence-corrected chi connectivity index (χ0v) is 23.3. The number of carbonyl (C=O) groups excluding carboxylic acids is 1.